The van der Waals surface area contributed by atoms with Crippen molar-refractivity contribution in [2.75, 3.05) is 23.9 Å². The lowest BCUT2D eigenvalue weighted by molar-refractivity contribution is 0.0577. The molecule has 2 fully saturated rings. The molecule has 4 aromatic rings. The minimum Gasteiger partial charge on any atom is -0.477 e. The first kappa shape index (κ1) is 39.1. The van der Waals surface area contributed by atoms with E-state index < -0.39 is 29.4 Å². The molecule has 51 heavy (non-hydrogen) atoms. The lowest BCUT2D eigenvalue weighted by Crippen LogP contribution is -2.35. The van der Waals surface area contributed by atoms with E-state index in [9.17, 15) is 19.2 Å². The predicted molar refractivity (Wildman–Crippen MR) is 190 cm³/mol. The van der Waals surface area contributed by atoms with Crippen LogP contribution in [0.15, 0.2) is 24.5 Å². The Morgan fingerprint density at radius 1 is 0.804 bits per heavy atom. The fourth-order valence-corrected chi connectivity index (χ4v) is 4.42. The van der Waals surface area contributed by atoms with Crippen LogP contribution in [0.1, 0.15) is 87.9 Å². The van der Waals surface area contributed by atoms with Gasteiger partial charge >= 0.3 is 18.2 Å². The summed E-state index contributed by atoms with van der Waals surface area (Å²) in [5, 5.41) is 20.3. The van der Waals surface area contributed by atoms with Gasteiger partial charge in [0.15, 0.2) is 11.3 Å². The summed E-state index contributed by atoms with van der Waals surface area (Å²) < 4.78 is 13.2. The second kappa shape index (κ2) is 15.2. The number of carbonyl (C=O) groups is 4. The quantitative estimate of drug-likeness (QED) is 0.225. The third kappa shape index (κ3) is 10.6. The van der Waals surface area contributed by atoms with E-state index in [4.69, 9.17) is 43.5 Å². The zero-order chi connectivity index (χ0) is 38.0. The van der Waals surface area contributed by atoms with Crippen LogP contribution < -0.4 is 20.9 Å². The summed E-state index contributed by atoms with van der Waals surface area (Å²) in [7, 11) is 3.02. The summed E-state index contributed by atoms with van der Waals surface area (Å²) >= 11 is 12.0. The second-order valence-electron chi connectivity index (χ2n) is 13.9. The molecule has 2 saturated carbocycles. The topological polar surface area (TPSA) is 212 Å². The van der Waals surface area contributed by atoms with Gasteiger partial charge in [0, 0.05) is 38.3 Å². The Morgan fingerprint density at radius 3 is 1.55 bits per heavy atom. The molecule has 6 rings (SSSR count). The number of carbonyl (C=O) groups excluding carboxylic acids is 3. The van der Waals surface area contributed by atoms with E-state index >= 15 is 0 Å². The second-order valence-corrected chi connectivity index (χ2v) is 14.7. The van der Waals surface area contributed by atoms with E-state index in [1.54, 1.807) is 48.6 Å². The fraction of sp³-hybridized carbons (Fsp3) is 0.500. The lowest BCUT2D eigenvalue weighted by atomic mass is 10.2. The fourth-order valence-electron chi connectivity index (χ4n) is 4.06. The Kier molecular flexibility index (Phi) is 11.7. The Hall–Kier alpha value is -4.74. The number of anilines is 2. The Labute approximate surface area is 304 Å². The van der Waals surface area contributed by atoms with Crippen molar-refractivity contribution >= 4 is 70.2 Å². The van der Waals surface area contributed by atoms with Gasteiger partial charge in [-0.2, -0.15) is 19.2 Å². The monoisotopic (exact) mass is 748 g/mol. The van der Waals surface area contributed by atoms with Crippen LogP contribution in [0.2, 0.25) is 10.3 Å². The molecular weight excluding hydrogens is 707 g/mol. The highest BCUT2D eigenvalue weighted by molar-refractivity contribution is 6.30. The van der Waals surface area contributed by atoms with Crippen molar-refractivity contribution in [3.8, 4) is 0 Å². The molecule has 17 nitrogen and oxygen atoms in total. The number of halogens is 2. The first-order valence-corrected chi connectivity index (χ1v) is 16.7. The third-order valence-electron chi connectivity index (χ3n) is 6.88. The molecular formula is C32H42Cl2N10O7. The molecule has 4 heterocycles. The van der Waals surface area contributed by atoms with Crippen LogP contribution in [0.3, 0.4) is 0 Å². The summed E-state index contributed by atoms with van der Waals surface area (Å²) in [4.78, 5) is 58.5. The maximum Gasteiger partial charge on any atom is 0.415 e. The van der Waals surface area contributed by atoms with E-state index in [-0.39, 0.29) is 44.9 Å². The number of nitrogens with one attached hydrogen (secondary N) is 1. The van der Waals surface area contributed by atoms with Gasteiger partial charge < -0.3 is 25.6 Å². The smallest absolute Gasteiger partial charge is 0.415 e. The highest BCUT2D eigenvalue weighted by Gasteiger charge is 2.28. The largest absolute Gasteiger partial charge is 0.477 e. The van der Waals surface area contributed by atoms with Crippen molar-refractivity contribution in [3.63, 3.8) is 0 Å². The molecule has 0 spiro atoms. The molecule has 0 unspecified atom stereocenters. The number of rotatable bonds is 5. The van der Waals surface area contributed by atoms with Crippen LogP contribution in [-0.4, -0.2) is 95.7 Å². The highest BCUT2D eigenvalue weighted by atomic mass is 35.5. The van der Waals surface area contributed by atoms with Crippen LogP contribution in [-0.2, 0) is 9.47 Å². The number of nitrogens with zero attached hydrogens (tertiary/aromatic N) is 8. The van der Waals surface area contributed by atoms with Crippen molar-refractivity contribution in [1.29, 1.82) is 0 Å². The van der Waals surface area contributed by atoms with Crippen molar-refractivity contribution < 1.29 is 33.8 Å². The predicted octanol–water partition coefficient (Wildman–Crippen LogP) is 5.21. The van der Waals surface area contributed by atoms with Gasteiger partial charge in [-0.15, -0.1) is 0 Å². The molecule has 0 atom stereocenters. The molecule has 0 aliphatic heterocycles. The Balaban J connectivity index is 0.000000207. The van der Waals surface area contributed by atoms with Crippen LogP contribution >= 0.6 is 23.2 Å². The van der Waals surface area contributed by atoms with Crippen LogP contribution in [0, 0.1) is 0 Å². The van der Waals surface area contributed by atoms with Gasteiger partial charge in [-0.05, 0) is 67.2 Å². The zero-order valence-corrected chi connectivity index (χ0v) is 31.1. The molecule has 4 N–H and O–H groups in total. The average Bonchev–Trinajstić information content (AvgIpc) is 3.91. The minimum absolute atomic E-state index is 0.0425. The van der Waals surface area contributed by atoms with Gasteiger partial charge in [0.05, 0.1) is 12.4 Å². The first-order valence-electron chi connectivity index (χ1n) is 16.0. The number of nitrogens with two attached hydrogens (primary N) is 1. The molecule has 2 aliphatic rings. The SMILES string of the molecule is CN(C(=O)OC(C)(C)C)c1cc(Cl)nc2c(C(=O)NC3CC3)cnn12.CN(C(=O)OC(C)(C)C)c1cc(Cl)nc2c(C(=O)O)cnn12.NC1CC1. The Bertz CT molecular complexity index is 1940. The number of hydrogen-bond donors (Lipinski definition) is 3. The number of carboxylic acids is 1. The minimum atomic E-state index is -1.18. The maximum atomic E-state index is 12.3. The lowest BCUT2D eigenvalue weighted by Gasteiger charge is -2.24. The summed E-state index contributed by atoms with van der Waals surface area (Å²) in [6.45, 7) is 10.6. The molecule has 3 amide bonds. The Morgan fingerprint density at radius 2 is 1.20 bits per heavy atom. The van der Waals surface area contributed by atoms with Crippen LogP contribution in [0.5, 0.6) is 0 Å². The first-order chi connectivity index (χ1) is 23.6. The summed E-state index contributed by atoms with van der Waals surface area (Å²) in [6.07, 6.45) is 5.87. The number of aromatic nitrogens is 6. The number of ether oxygens (including phenoxy) is 2. The average molecular weight is 750 g/mol. The van der Waals surface area contributed by atoms with Crippen molar-refractivity contribution in [2.45, 2.75) is 90.5 Å². The molecule has 276 valence electrons. The van der Waals surface area contributed by atoms with Crippen molar-refractivity contribution in [1.82, 2.24) is 34.5 Å². The van der Waals surface area contributed by atoms with E-state index in [2.05, 4.69) is 25.5 Å². The normalized spacial score (nSPS) is 14.1. The van der Waals surface area contributed by atoms with Crippen LogP contribution in [0.4, 0.5) is 21.2 Å². The van der Waals surface area contributed by atoms with E-state index in [0.29, 0.717) is 17.4 Å². The van der Waals surface area contributed by atoms with Crippen LogP contribution in [0.25, 0.3) is 11.3 Å². The molecule has 0 bridgehead atoms. The van der Waals surface area contributed by atoms with Gasteiger partial charge in [0.25, 0.3) is 5.91 Å². The summed E-state index contributed by atoms with van der Waals surface area (Å²) in [6, 6.07) is 3.69. The maximum absolute atomic E-state index is 12.3. The highest BCUT2D eigenvalue weighted by Crippen LogP contribution is 2.26. The van der Waals surface area contributed by atoms with Gasteiger partial charge in [0.2, 0.25) is 0 Å². The molecule has 19 heteroatoms. The van der Waals surface area contributed by atoms with E-state index in [1.165, 1.54) is 57.0 Å². The van der Waals surface area contributed by atoms with Gasteiger partial charge in [-0.25, -0.2) is 24.4 Å². The number of hydrogen-bond acceptors (Lipinski definition) is 11. The number of amides is 3. The van der Waals surface area contributed by atoms with Gasteiger partial charge in [0.1, 0.15) is 44.3 Å². The number of fused-ring (bicyclic) bond motifs is 2. The molecule has 0 aromatic carbocycles. The van der Waals surface area contributed by atoms with Crippen molar-refractivity contribution in [2.24, 2.45) is 5.73 Å². The third-order valence-corrected chi connectivity index (χ3v) is 7.26. The summed E-state index contributed by atoms with van der Waals surface area (Å²) in [5.74, 6) is -0.833. The molecule has 0 saturated heterocycles. The van der Waals surface area contributed by atoms with E-state index in [0.717, 1.165) is 19.0 Å². The van der Waals surface area contributed by atoms with E-state index in [1.807, 2.05) is 0 Å². The van der Waals surface area contributed by atoms with Gasteiger partial charge in [-0.3, -0.25) is 14.6 Å². The van der Waals surface area contributed by atoms with Crippen molar-refractivity contribution in [3.05, 3.63) is 46.0 Å². The molecule has 2 aliphatic carbocycles. The zero-order valence-electron chi connectivity index (χ0n) is 29.6. The number of carboxylic acid groups (broad SMARTS) is 1. The molecule has 4 aromatic heterocycles. The standard InChI is InChI=1S/C16H20ClN5O3.C13H15ClN4O4.C3H7N/c1-16(2,3)25-15(24)21(4)12-7-11(17)20-13-10(8-18-22(12)13)14(23)19-9-5-6-9;1-13(2,3)22-12(21)17(4)9-5-8(14)16-10-7(11(19)20)6-15-18(9)10;4-3-1-2-3/h7-9H,5-6H2,1-4H3,(H,19,23);5-6H,1-4H3,(H,19,20);3H,1-2,4H2. The summed E-state index contributed by atoms with van der Waals surface area (Å²) in [5.41, 5.74) is 4.45. The number of aromatic carboxylic acids is 1. The molecule has 0 radical (unpaired) electrons. The van der Waals surface area contributed by atoms with Gasteiger partial charge in [-0.1, -0.05) is 23.2 Å².